The molecular weight excluding hydrogens is 362 g/mol. The van der Waals surface area contributed by atoms with E-state index in [1.807, 2.05) is 0 Å². The Morgan fingerprint density at radius 2 is 1.30 bits per heavy atom. The molecule has 0 spiro atoms. The zero-order chi connectivity index (χ0) is 21.3. The van der Waals surface area contributed by atoms with Gasteiger partial charge in [-0.05, 0) is 80.6 Å². The van der Waals surface area contributed by atoms with Crippen molar-refractivity contribution in [2.75, 3.05) is 0 Å². The van der Waals surface area contributed by atoms with Crippen molar-refractivity contribution in [1.29, 1.82) is 0 Å². The van der Waals surface area contributed by atoms with Gasteiger partial charge in [0.15, 0.2) is 6.20 Å². The van der Waals surface area contributed by atoms with Crippen LogP contribution in [0.4, 0.5) is 0 Å². The molecule has 0 radical (unpaired) electrons. The molecule has 0 atom stereocenters. The fraction of sp³-hybridized carbons (Fsp3) is 0.276. The maximum atomic E-state index is 2.43. The number of fused-ring (bicyclic) bond motifs is 4. The molecule has 3 aromatic carbocycles. The van der Waals surface area contributed by atoms with E-state index in [1.165, 1.54) is 49.8 Å². The topological polar surface area (TPSA) is 3.88 Å². The Bertz CT molecular complexity index is 1310. The van der Waals surface area contributed by atoms with Crippen molar-refractivity contribution in [1.82, 2.24) is 0 Å². The number of rotatable bonds is 1. The predicted octanol–water partition coefficient (Wildman–Crippen LogP) is 6.88. The summed E-state index contributed by atoms with van der Waals surface area (Å²) in [6, 6.07) is 24.7. The first-order valence-electron chi connectivity index (χ1n) is 10.9. The summed E-state index contributed by atoms with van der Waals surface area (Å²) in [6.45, 7) is 12.0. The van der Waals surface area contributed by atoms with Crippen LogP contribution >= 0.6 is 0 Å². The molecule has 0 N–H and O–H groups in total. The summed E-state index contributed by atoms with van der Waals surface area (Å²) in [6.07, 6.45) is 2.13. The fourth-order valence-electron chi connectivity index (χ4n) is 5.45. The first kappa shape index (κ1) is 19.1. The molecule has 0 fully saturated rings. The van der Waals surface area contributed by atoms with E-state index in [0.29, 0.717) is 0 Å². The average Bonchev–Trinajstić information content (AvgIpc) is 2.72. The summed E-state index contributed by atoms with van der Waals surface area (Å²) in [4.78, 5) is 0. The van der Waals surface area contributed by atoms with Gasteiger partial charge >= 0.3 is 0 Å². The van der Waals surface area contributed by atoms with Crippen molar-refractivity contribution in [3.8, 4) is 22.4 Å². The largest absolute Gasteiger partial charge is 0.212 e. The number of hydrogen-bond donors (Lipinski definition) is 0. The van der Waals surface area contributed by atoms with Gasteiger partial charge in [-0.3, -0.25) is 0 Å². The molecule has 1 nitrogen and oxygen atoms in total. The Hall–Kier alpha value is -2.93. The Kier molecular flexibility index (Phi) is 3.99. The standard InChI is InChI=1S/C29H30N/c1-19-22(26-13-9-10-16-30(26)6)14-15-23-24-17-20-11-7-8-12-21(20)18-25(24)28(2,3)29(4,5)27(19)23/h7-18H,1-6H3/q+1. The average molecular weight is 393 g/mol. The predicted molar refractivity (Wildman–Crippen MR) is 127 cm³/mol. The monoisotopic (exact) mass is 392 g/mol. The maximum absolute atomic E-state index is 2.43. The van der Waals surface area contributed by atoms with Gasteiger partial charge in [0.05, 0.1) is 0 Å². The van der Waals surface area contributed by atoms with E-state index in [9.17, 15) is 0 Å². The first-order chi connectivity index (χ1) is 14.2. The highest BCUT2D eigenvalue weighted by Crippen LogP contribution is 2.56. The third kappa shape index (κ3) is 2.45. The van der Waals surface area contributed by atoms with Crippen molar-refractivity contribution in [3.63, 3.8) is 0 Å². The minimum Gasteiger partial charge on any atom is -0.201 e. The second-order valence-electron chi connectivity index (χ2n) is 9.85. The quantitative estimate of drug-likeness (QED) is 0.311. The van der Waals surface area contributed by atoms with Crippen molar-refractivity contribution >= 4 is 10.8 Å². The van der Waals surface area contributed by atoms with Crippen LogP contribution < -0.4 is 4.57 Å². The molecule has 0 bridgehead atoms. The lowest BCUT2D eigenvalue weighted by molar-refractivity contribution is -0.660. The zero-order valence-corrected chi connectivity index (χ0v) is 18.9. The molecule has 4 aromatic rings. The normalized spacial score (nSPS) is 16.2. The molecule has 0 saturated carbocycles. The van der Waals surface area contributed by atoms with Crippen molar-refractivity contribution < 1.29 is 4.57 Å². The van der Waals surface area contributed by atoms with Crippen LogP contribution in [0.1, 0.15) is 44.4 Å². The Morgan fingerprint density at radius 1 is 0.667 bits per heavy atom. The molecule has 0 amide bonds. The van der Waals surface area contributed by atoms with Crippen LogP contribution in [0, 0.1) is 6.92 Å². The van der Waals surface area contributed by atoms with Gasteiger partial charge in [0.1, 0.15) is 7.05 Å². The number of hydrogen-bond acceptors (Lipinski definition) is 0. The minimum absolute atomic E-state index is 0.00519. The lowest BCUT2D eigenvalue weighted by Crippen LogP contribution is -2.44. The third-order valence-electron chi connectivity index (χ3n) is 7.83. The SMILES string of the molecule is Cc1c(-c2cccc[n+]2C)ccc2c1C(C)(C)C(C)(C)c1cc3ccccc3cc1-2. The molecule has 0 aliphatic heterocycles. The highest BCUT2D eigenvalue weighted by atomic mass is 14.9. The number of benzene rings is 3. The Labute approximate surface area is 180 Å². The van der Waals surface area contributed by atoms with Crippen LogP contribution in [0.2, 0.25) is 0 Å². The Morgan fingerprint density at radius 3 is 2.00 bits per heavy atom. The summed E-state index contributed by atoms with van der Waals surface area (Å²) < 4.78 is 2.22. The van der Waals surface area contributed by atoms with Crippen LogP contribution in [-0.4, -0.2) is 0 Å². The highest BCUT2D eigenvalue weighted by molar-refractivity contribution is 5.93. The third-order valence-corrected chi connectivity index (χ3v) is 7.83. The Balaban J connectivity index is 1.88. The van der Waals surface area contributed by atoms with Gasteiger partial charge in [0, 0.05) is 17.7 Å². The molecule has 0 unspecified atom stereocenters. The zero-order valence-electron chi connectivity index (χ0n) is 18.9. The smallest absolute Gasteiger partial charge is 0.201 e. The van der Waals surface area contributed by atoms with E-state index in [0.717, 1.165) is 0 Å². The number of aryl methyl sites for hydroxylation is 1. The van der Waals surface area contributed by atoms with Gasteiger partial charge in [0.2, 0.25) is 5.69 Å². The number of nitrogens with zero attached hydrogens (tertiary/aromatic N) is 1. The summed E-state index contributed by atoms with van der Waals surface area (Å²) in [5.41, 5.74) is 9.71. The van der Waals surface area contributed by atoms with Crippen LogP contribution in [0.3, 0.4) is 0 Å². The molecule has 5 rings (SSSR count). The van der Waals surface area contributed by atoms with Gasteiger partial charge < -0.3 is 0 Å². The lowest BCUT2D eigenvalue weighted by atomic mass is 9.54. The van der Waals surface area contributed by atoms with Gasteiger partial charge in [0.25, 0.3) is 0 Å². The van der Waals surface area contributed by atoms with Crippen molar-refractivity contribution in [2.45, 2.75) is 45.4 Å². The van der Waals surface area contributed by atoms with Crippen molar-refractivity contribution in [3.05, 3.63) is 89.6 Å². The first-order valence-corrected chi connectivity index (χ1v) is 10.9. The second-order valence-corrected chi connectivity index (χ2v) is 9.85. The molecule has 1 aliphatic carbocycles. The second kappa shape index (κ2) is 6.28. The lowest BCUT2D eigenvalue weighted by Gasteiger charge is -2.49. The molecule has 30 heavy (non-hydrogen) atoms. The molecule has 1 heteroatoms. The highest BCUT2D eigenvalue weighted by Gasteiger charge is 2.47. The summed E-state index contributed by atoms with van der Waals surface area (Å²) >= 11 is 0. The summed E-state index contributed by atoms with van der Waals surface area (Å²) in [7, 11) is 2.13. The molecule has 0 saturated heterocycles. The van der Waals surface area contributed by atoms with Gasteiger partial charge in [-0.25, -0.2) is 4.57 Å². The van der Waals surface area contributed by atoms with Crippen LogP contribution in [-0.2, 0) is 17.9 Å². The number of aromatic nitrogens is 1. The molecule has 150 valence electrons. The number of pyridine rings is 1. The van der Waals surface area contributed by atoms with Crippen LogP contribution in [0.25, 0.3) is 33.2 Å². The maximum Gasteiger partial charge on any atom is 0.212 e. The van der Waals surface area contributed by atoms with E-state index in [1.54, 1.807) is 0 Å². The molecule has 1 heterocycles. The van der Waals surface area contributed by atoms with E-state index < -0.39 is 0 Å². The van der Waals surface area contributed by atoms with E-state index in [4.69, 9.17) is 0 Å². The van der Waals surface area contributed by atoms with Gasteiger partial charge in [-0.2, -0.15) is 0 Å². The van der Waals surface area contributed by atoms with E-state index in [-0.39, 0.29) is 10.8 Å². The van der Waals surface area contributed by atoms with E-state index in [2.05, 4.69) is 119 Å². The van der Waals surface area contributed by atoms with E-state index >= 15 is 0 Å². The van der Waals surface area contributed by atoms with Crippen LogP contribution in [0.15, 0.2) is 72.9 Å². The van der Waals surface area contributed by atoms with Crippen molar-refractivity contribution in [2.24, 2.45) is 7.05 Å². The summed E-state index contributed by atoms with van der Waals surface area (Å²) in [5, 5.41) is 2.64. The molecule has 1 aromatic heterocycles. The molecule has 1 aliphatic rings. The summed E-state index contributed by atoms with van der Waals surface area (Å²) in [5.74, 6) is 0. The van der Waals surface area contributed by atoms with Crippen LogP contribution in [0.5, 0.6) is 0 Å². The minimum atomic E-state index is 0.00519. The fourth-order valence-corrected chi connectivity index (χ4v) is 5.45. The van der Waals surface area contributed by atoms with Gasteiger partial charge in [-0.15, -0.1) is 0 Å². The van der Waals surface area contributed by atoms with Gasteiger partial charge in [-0.1, -0.05) is 58.0 Å². The molecular formula is C29H30N+.